The number of nitrogens with zero attached hydrogens (tertiary/aromatic N) is 6. The van der Waals surface area contributed by atoms with Crippen LogP contribution in [-0.2, 0) is 16.0 Å². The van der Waals surface area contributed by atoms with Gasteiger partial charge in [0.05, 0.1) is 43.4 Å². The number of nitrogens with one attached hydrogen (secondary N) is 1. The highest BCUT2D eigenvalue weighted by molar-refractivity contribution is 6.02. The van der Waals surface area contributed by atoms with Crippen molar-refractivity contribution in [2.75, 3.05) is 93.9 Å². The maximum atomic E-state index is 14.0. The molecule has 0 atom stereocenters. The molecule has 0 bridgehead atoms. The molecule has 6 rings (SSSR count). The summed E-state index contributed by atoms with van der Waals surface area (Å²) in [6.45, 7) is 7.39. The number of hydrogen-bond acceptors (Lipinski definition) is 8. The summed E-state index contributed by atoms with van der Waals surface area (Å²) in [5.41, 5.74) is 9.08. The lowest BCUT2D eigenvalue weighted by atomic mass is 10.1. The molecule has 3 aromatic rings. The van der Waals surface area contributed by atoms with Gasteiger partial charge in [0.2, 0.25) is 0 Å². The van der Waals surface area contributed by atoms with E-state index in [4.69, 9.17) is 15.2 Å². The molecule has 3 aliphatic rings. The molecule has 5 amide bonds. The number of amides is 5. The van der Waals surface area contributed by atoms with Gasteiger partial charge in [-0.2, -0.15) is 0 Å². The molecule has 3 N–H and O–H groups in total. The van der Waals surface area contributed by atoms with Crippen LogP contribution >= 0.6 is 0 Å². The predicted molar refractivity (Wildman–Crippen MR) is 174 cm³/mol. The minimum absolute atomic E-state index is 0.0723. The molecular formula is C33H40N8O5. The molecule has 13 heteroatoms. The number of pyridine rings is 1. The van der Waals surface area contributed by atoms with E-state index in [0.29, 0.717) is 103 Å². The zero-order chi connectivity index (χ0) is 31.9. The first-order chi connectivity index (χ1) is 22.5. The van der Waals surface area contributed by atoms with Crippen molar-refractivity contribution in [1.29, 1.82) is 0 Å². The maximum Gasteiger partial charge on any atom is 0.330 e. The fourth-order valence-electron chi connectivity index (χ4n) is 5.86. The molecule has 4 heterocycles. The van der Waals surface area contributed by atoms with E-state index in [-0.39, 0.29) is 17.6 Å². The lowest BCUT2D eigenvalue weighted by molar-refractivity contribution is 0.0428. The van der Waals surface area contributed by atoms with Gasteiger partial charge in [0.25, 0.3) is 5.91 Å². The fraction of sp³-hybridized carbons (Fsp3) is 0.394. The first kappa shape index (κ1) is 31.1. The SMILES string of the molecule is NC(=O)c1cnc(N(C(=O)N2CCOCC2)c2ccc(N3CCN(C(=O)N4CCOCC4)CC3)cc2)cc1NCc1ccccc1. The topological polar surface area (TPSA) is 137 Å². The van der Waals surface area contributed by atoms with E-state index < -0.39 is 5.91 Å². The summed E-state index contributed by atoms with van der Waals surface area (Å²) in [6.07, 6.45) is 1.41. The zero-order valence-electron chi connectivity index (χ0n) is 25.8. The largest absolute Gasteiger partial charge is 0.380 e. The number of nitrogens with two attached hydrogens (primary N) is 1. The van der Waals surface area contributed by atoms with Crippen molar-refractivity contribution in [3.63, 3.8) is 0 Å². The highest BCUT2D eigenvalue weighted by atomic mass is 16.5. The number of aromatic nitrogens is 1. The Morgan fingerprint density at radius 3 is 2.02 bits per heavy atom. The zero-order valence-corrected chi connectivity index (χ0v) is 25.8. The molecule has 242 valence electrons. The van der Waals surface area contributed by atoms with Crippen LogP contribution in [0.5, 0.6) is 0 Å². The molecule has 3 aliphatic heterocycles. The normalized spacial score (nSPS) is 17.0. The van der Waals surface area contributed by atoms with Crippen molar-refractivity contribution in [3.05, 3.63) is 78.0 Å². The van der Waals surface area contributed by atoms with E-state index >= 15 is 0 Å². The Hall–Kier alpha value is -4.88. The van der Waals surface area contributed by atoms with Crippen LogP contribution in [0.2, 0.25) is 0 Å². The Labute approximate surface area is 268 Å². The van der Waals surface area contributed by atoms with Crippen LogP contribution in [0.25, 0.3) is 0 Å². The lowest BCUT2D eigenvalue weighted by Gasteiger charge is -2.39. The Morgan fingerprint density at radius 2 is 1.39 bits per heavy atom. The van der Waals surface area contributed by atoms with Crippen molar-refractivity contribution in [2.45, 2.75) is 6.54 Å². The summed E-state index contributed by atoms with van der Waals surface area (Å²) in [6, 6.07) is 19.1. The number of carbonyl (C=O) groups is 3. The number of primary amides is 1. The van der Waals surface area contributed by atoms with E-state index in [2.05, 4.69) is 15.2 Å². The first-order valence-corrected chi connectivity index (χ1v) is 15.7. The molecule has 46 heavy (non-hydrogen) atoms. The minimum Gasteiger partial charge on any atom is -0.380 e. The van der Waals surface area contributed by atoms with Crippen molar-refractivity contribution in [1.82, 2.24) is 19.7 Å². The molecule has 2 aromatic carbocycles. The summed E-state index contributed by atoms with van der Waals surface area (Å²) in [7, 11) is 0. The third-order valence-corrected chi connectivity index (χ3v) is 8.49. The fourth-order valence-corrected chi connectivity index (χ4v) is 5.86. The second kappa shape index (κ2) is 14.5. The van der Waals surface area contributed by atoms with Crippen molar-refractivity contribution >= 4 is 40.8 Å². The molecule has 0 aliphatic carbocycles. The van der Waals surface area contributed by atoms with Gasteiger partial charge >= 0.3 is 12.1 Å². The molecule has 3 fully saturated rings. The molecule has 0 radical (unpaired) electrons. The van der Waals surface area contributed by atoms with Gasteiger partial charge in [-0.15, -0.1) is 0 Å². The summed E-state index contributed by atoms with van der Waals surface area (Å²) in [4.78, 5) is 53.1. The van der Waals surface area contributed by atoms with E-state index in [1.54, 1.807) is 15.9 Å². The van der Waals surface area contributed by atoms with Crippen LogP contribution in [0.1, 0.15) is 15.9 Å². The third-order valence-electron chi connectivity index (χ3n) is 8.49. The lowest BCUT2D eigenvalue weighted by Crippen LogP contribution is -2.54. The van der Waals surface area contributed by atoms with Gasteiger partial charge in [0, 0.05) is 76.9 Å². The van der Waals surface area contributed by atoms with E-state index in [0.717, 1.165) is 11.3 Å². The Bertz CT molecular complexity index is 1500. The third kappa shape index (κ3) is 7.16. The maximum absolute atomic E-state index is 14.0. The van der Waals surface area contributed by atoms with Crippen LogP contribution in [0.15, 0.2) is 66.9 Å². The molecule has 0 spiro atoms. The predicted octanol–water partition coefficient (Wildman–Crippen LogP) is 2.96. The number of benzene rings is 2. The van der Waals surface area contributed by atoms with Crippen LogP contribution in [0.4, 0.5) is 32.5 Å². The average Bonchev–Trinajstić information content (AvgIpc) is 3.12. The summed E-state index contributed by atoms with van der Waals surface area (Å²) < 4.78 is 10.9. The van der Waals surface area contributed by atoms with Crippen molar-refractivity contribution in [2.24, 2.45) is 5.73 Å². The number of anilines is 4. The quantitative estimate of drug-likeness (QED) is 0.408. The molecule has 1 aromatic heterocycles. The molecule has 3 saturated heterocycles. The van der Waals surface area contributed by atoms with Gasteiger partial charge in [-0.25, -0.2) is 19.5 Å². The number of carbonyl (C=O) groups excluding carboxylic acids is 3. The number of urea groups is 2. The average molecular weight is 629 g/mol. The van der Waals surface area contributed by atoms with Gasteiger partial charge in [0.1, 0.15) is 5.82 Å². The van der Waals surface area contributed by atoms with E-state index in [1.165, 1.54) is 6.20 Å². The first-order valence-electron chi connectivity index (χ1n) is 15.7. The monoisotopic (exact) mass is 628 g/mol. The molecule has 0 unspecified atom stereocenters. The van der Waals surface area contributed by atoms with Crippen molar-refractivity contribution < 1.29 is 23.9 Å². The summed E-state index contributed by atoms with van der Waals surface area (Å²) >= 11 is 0. The second-order valence-electron chi connectivity index (χ2n) is 11.4. The Balaban J connectivity index is 1.22. The number of rotatable bonds is 7. The summed E-state index contributed by atoms with van der Waals surface area (Å²) in [5, 5.41) is 3.30. The number of piperazine rings is 1. The standard InChI is InChI=1S/C33H40N8O5/c34-31(42)28-24-36-30(22-29(28)35-23-25-4-2-1-3-5-25)41(33(44)40-16-20-46-21-17-40)27-8-6-26(7-9-27)37-10-12-38(13-11-37)32(43)39-14-18-45-19-15-39/h1-9,22,24H,10-21,23H2,(H2,34,42)(H,35,36). The number of ether oxygens (including phenoxy) is 2. The summed E-state index contributed by atoms with van der Waals surface area (Å²) in [5.74, 6) is -0.253. The molecule has 0 saturated carbocycles. The van der Waals surface area contributed by atoms with Gasteiger partial charge in [-0.3, -0.25) is 4.79 Å². The highest BCUT2D eigenvalue weighted by Crippen LogP contribution is 2.31. The van der Waals surface area contributed by atoms with Crippen LogP contribution in [0.3, 0.4) is 0 Å². The van der Waals surface area contributed by atoms with Crippen molar-refractivity contribution in [3.8, 4) is 0 Å². The van der Waals surface area contributed by atoms with E-state index in [9.17, 15) is 14.4 Å². The van der Waals surface area contributed by atoms with Crippen LogP contribution < -0.4 is 20.9 Å². The number of hydrogen-bond donors (Lipinski definition) is 2. The number of morpholine rings is 2. The van der Waals surface area contributed by atoms with Gasteiger partial charge in [0.15, 0.2) is 0 Å². The van der Waals surface area contributed by atoms with Gasteiger partial charge in [-0.05, 0) is 29.8 Å². The van der Waals surface area contributed by atoms with Crippen LogP contribution in [0, 0.1) is 0 Å². The minimum atomic E-state index is -0.614. The highest BCUT2D eigenvalue weighted by Gasteiger charge is 2.29. The van der Waals surface area contributed by atoms with E-state index in [1.807, 2.05) is 64.4 Å². The molecule has 13 nitrogen and oxygen atoms in total. The second-order valence-corrected chi connectivity index (χ2v) is 11.4. The smallest absolute Gasteiger partial charge is 0.330 e. The Morgan fingerprint density at radius 1 is 0.783 bits per heavy atom. The van der Waals surface area contributed by atoms with Crippen LogP contribution in [-0.4, -0.2) is 116 Å². The van der Waals surface area contributed by atoms with Gasteiger partial charge in [-0.1, -0.05) is 30.3 Å². The molecular weight excluding hydrogens is 588 g/mol. The van der Waals surface area contributed by atoms with Gasteiger partial charge < -0.3 is 40.1 Å². The Kier molecular flexibility index (Phi) is 9.79.